The van der Waals surface area contributed by atoms with Crippen molar-refractivity contribution in [2.45, 2.75) is 46.5 Å². The van der Waals surface area contributed by atoms with Gasteiger partial charge in [-0.1, -0.05) is 48.4 Å². The Morgan fingerprint density at radius 3 is 2.23 bits per heavy atom. The molecule has 0 unspecified atom stereocenters. The van der Waals surface area contributed by atoms with Crippen LogP contribution < -0.4 is 0 Å². The van der Waals surface area contributed by atoms with Crippen molar-refractivity contribution in [3.05, 3.63) is 11.6 Å². The minimum absolute atomic E-state index is 0.514. The molecule has 1 rings (SSSR count). The minimum Gasteiger partial charge on any atom is -0.0883 e. The number of hydrogen-bond acceptors (Lipinski definition) is 0. The van der Waals surface area contributed by atoms with E-state index in [1.165, 1.54) is 25.7 Å². The molecule has 1 fully saturated rings. The Morgan fingerprint density at radius 2 is 1.85 bits per heavy atom. The van der Waals surface area contributed by atoms with E-state index >= 15 is 0 Å². The van der Waals surface area contributed by atoms with Gasteiger partial charge in [-0.05, 0) is 37.0 Å². The molecule has 0 aromatic carbocycles. The molecule has 1 saturated carbocycles. The molecule has 0 aliphatic heterocycles. The number of alkyl halides is 1. The first-order valence-corrected chi connectivity index (χ1v) is 6.40. The SMILES string of the molecule is CC(C)(C)C1CCC(=CCBr)CC1. The molecule has 1 aliphatic carbocycles. The summed E-state index contributed by atoms with van der Waals surface area (Å²) in [6, 6.07) is 0. The van der Waals surface area contributed by atoms with E-state index in [1.807, 2.05) is 0 Å². The molecule has 0 saturated heterocycles. The van der Waals surface area contributed by atoms with Crippen molar-refractivity contribution in [3.63, 3.8) is 0 Å². The Balaban J connectivity index is 2.44. The lowest BCUT2D eigenvalue weighted by molar-refractivity contribution is 0.197. The summed E-state index contributed by atoms with van der Waals surface area (Å²) in [5.41, 5.74) is 2.18. The van der Waals surface area contributed by atoms with Crippen LogP contribution in [0.15, 0.2) is 11.6 Å². The molecule has 0 N–H and O–H groups in total. The van der Waals surface area contributed by atoms with E-state index in [0.717, 1.165) is 11.2 Å². The number of rotatable bonds is 1. The Bertz CT molecular complexity index is 176. The van der Waals surface area contributed by atoms with Gasteiger partial charge < -0.3 is 0 Å². The number of hydrogen-bond donors (Lipinski definition) is 0. The van der Waals surface area contributed by atoms with Crippen molar-refractivity contribution >= 4 is 15.9 Å². The van der Waals surface area contributed by atoms with Crippen molar-refractivity contribution in [1.82, 2.24) is 0 Å². The lowest BCUT2D eigenvalue weighted by Gasteiger charge is -2.34. The summed E-state index contributed by atoms with van der Waals surface area (Å²) >= 11 is 3.46. The van der Waals surface area contributed by atoms with Crippen molar-refractivity contribution in [3.8, 4) is 0 Å². The summed E-state index contributed by atoms with van der Waals surface area (Å²) in [6.45, 7) is 7.12. The van der Waals surface area contributed by atoms with Gasteiger partial charge in [0.05, 0.1) is 0 Å². The average molecular weight is 245 g/mol. The van der Waals surface area contributed by atoms with Crippen LogP contribution in [0.4, 0.5) is 0 Å². The minimum atomic E-state index is 0.514. The van der Waals surface area contributed by atoms with Crippen molar-refractivity contribution in [2.75, 3.05) is 5.33 Å². The molecule has 1 heteroatoms. The van der Waals surface area contributed by atoms with Crippen LogP contribution in [-0.4, -0.2) is 5.33 Å². The predicted molar refractivity (Wildman–Crippen MR) is 63.3 cm³/mol. The predicted octanol–water partition coefficient (Wildman–Crippen LogP) is 4.54. The second-order valence-corrected chi connectivity index (χ2v) is 5.80. The molecule has 0 nitrogen and oxygen atoms in total. The van der Waals surface area contributed by atoms with Crippen LogP contribution in [0.2, 0.25) is 0 Å². The fourth-order valence-electron chi connectivity index (χ4n) is 2.17. The molecule has 1 aliphatic rings. The Kier molecular flexibility index (Phi) is 4.03. The quantitative estimate of drug-likeness (QED) is 0.470. The number of allylic oxidation sites excluding steroid dienone is 2. The third-order valence-electron chi connectivity index (χ3n) is 3.22. The highest BCUT2D eigenvalue weighted by atomic mass is 79.9. The van der Waals surface area contributed by atoms with Gasteiger partial charge in [0.1, 0.15) is 0 Å². The van der Waals surface area contributed by atoms with Crippen LogP contribution in [0.1, 0.15) is 46.5 Å². The fourth-order valence-corrected chi connectivity index (χ4v) is 2.63. The third kappa shape index (κ3) is 3.46. The molecule has 0 amide bonds. The molecule has 0 atom stereocenters. The fraction of sp³-hybridized carbons (Fsp3) is 0.833. The van der Waals surface area contributed by atoms with Crippen molar-refractivity contribution < 1.29 is 0 Å². The second kappa shape index (κ2) is 4.63. The molecule has 0 aromatic rings. The van der Waals surface area contributed by atoms with Crippen molar-refractivity contribution in [1.29, 1.82) is 0 Å². The first-order valence-electron chi connectivity index (χ1n) is 5.28. The van der Waals surface area contributed by atoms with Crippen LogP contribution in [0.3, 0.4) is 0 Å². The Labute approximate surface area is 90.9 Å². The van der Waals surface area contributed by atoms with E-state index in [1.54, 1.807) is 5.57 Å². The van der Waals surface area contributed by atoms with Crippen LogP contribution in [0.5, 0.6) is 0 Å². The Hall–Kier alpha value is 0.220. The van der Waals surface area contributed by atoms with E-state index < -0.39 is 0 Å². The van der Waals surface area contributed by atoms with Crippen LogP contribution >= 0.6 is 15.9 Å². The van der Waals surface area contributed by atoms with E-state index in [2.05, 4.69) is 42.8 Å². The second-order valence-electron chi connectivity index (χ2n) is 5.16. The summed E-state index contributed by atoms with van der Waals surface area (Å²) in [6.07, 6.45) is 7.78. The number of halogens is 1. The summed E-state index contributed by atoms with van der Waals surface area (Å²) in [5.74, 6) is 0.931. The van der Waals surface area contributed by atoms with E-state index in [-0.39, 0.29) is 0 Å². The standard InChI is InChI=1S/C12H21Br/c1-12(2,3)11-6-4-10(5-7-11)8-9-13/h8,11H,4-7,9H2,1-3H3. The topological polar surface area (TPSA) is 0 Å². The molecular formula is C12H21Br. The highest BCUT2D eigenvalue weighted by Crippen LogP contribution is 2.39. The maximum Gasteiger partial charge on any atom is 0.0214 e. The first kappa shape index (κ1) is 11.3. The Morgan fingerprint density at radius 1 is 1.31 bits per heavy atom. The summed E-state index contributed by atoms with van der Waals surface area (Å²) in [4.78, 5) is 0. The molecule has 13 heavy (non-hydrogen) atoms. The van der Waals surface area contributed by atoms with Gasteiger partial charge in [-0.25, -0.2) is 0 Å². The summed E-state index contributed by atoms with van der Waals surface area (Å²) < 4.78 is 0. The molecule has 76 valence electrons. The van der Waals surface area contributed by atoms with Crippen molar-refractivity contribution in [2.24, 2.45) is 11.3 Å². The molecular weight excluding hydrogens is 224 g/mol. The molecule has 0 heterocycles. The van der Waals surface area contributed by atoms with Gasteiger partial charge >= 0.3 is 0 Å². The molecule has 0 aromatic heterocycles. The lowest BCUT2D eigenvalue weighted by atomic mass is 9.71. The van der Waals surface area contributed by atoms with Crippen LogP contribution in [0, 0.1) is 11.3 Å². The monoisotopic (exact) mass is 244 g/mol. The molecule has 0 radical (unpaired) electrons. The zero-order valence-electron chi connectivity index (χ0n) is 9.07. The van der Waals surface area contributed by atoms with E-state index in [4.69, 9.17) is 0 Å². The summed E-state index contributed by atoms with van der Waals surface area (Å²) in [5, 5.41) is 1.03. The van der Waals surface area contributed by atoms with Gasteiger partial charge in [-0.15, -0.1) is 0 Å². The summed E-state index contributed by atoms with van der Waals surface area (Å²) in [7, 11) is 0. The molecule has 0 bridgehead atoms. The lowest BCUT2D eigenvalue weighted by Crippen LogP contribution is -2.23. The third-order valence-corrected chi connectivity index (χ3v) is 3.54. The van der Waals surface area contributed by atoms with Gasteiger partial charge in [0, 0.05) is 5.33 Å². The zero-order chi connectivity index (χ0) is 9.90. The van der Waals surface area contributed by atoms with Crippen LogP contribution in [-0.2, 0) is 0 Å². The highest BCUT2D eigenvalue weighted by molar-refractivity contribution is 9.09. The van der Waals surface area contributed by atoms with Crippen LogP contribution in [0.25, 0.3) is 0 Å². The zero-order valence-corrected chi connectivity index (χ0v) is 10.7. The average Bonchev–Trinajstić information content (AvgIpc) is 2.04. The van der Waals surface area contributed by atoms with Gasteiger partial charge in [0.2, 0.25) is 0 Å². The normalized spacial score (nSPS) is 24.6. The highest BCUT2D eigenvalue weighted by Gasteiger charge is 2.27. The van der Waals surface area contributed by atoms with Gasteiger partial charge in [-0.3, -0.25) is 0 Å². The largest absolute Gasteiger partial charge is 0.0883 e. The van der Waals surface area contributed by atoms with Gasteiger partial charge in [0.15, 0.2) is 0 Å². The molecule has 0 spiro atoms. The maximum atomic E-state index is 3.46. The van der Waals surface area contributed by atoms with E-state index in [0.29, 0.717) is 5.41 Å². The van der Waals surface area contributed by atoms with Gasteiger partial charge in [0.25, 0.3) is 0 Å². The van der Waals surface area contributed by atoms with Gasteiger partial charge in [-0.2, -0.15) is 0 Å². The first-order chi connectivity index (χ1) is 6.04. The smallest absolute Gasteiger partial charge is 0.0214 e. The van der Waals surface area contributed by atoms with E-state index in [9.17, 15) is 0 Å². The maximum absolute atomic E-state index is 3.46.